The standard InChI is InChI=1S/C20H35O4P/c1-13(7-5-11-19(3,4)24-25)15-9-10-16-17-8-6-12-20(15,16)18(23-17)22-14(2)21/h13,15-18H,5-12,25H2,1-4H3/t13?,15-,16?,17?,18?,20+/m1/s1. The number of rotatable bonds is 7. The van der Waals surface area contributed by atoms with Crippen molar-refractivity contribution in [2.45, 2.75) is 97.1 Å². The summed E-state index contributed by atoms with van der Waals surface area (Å²) in [6, 6.07) is 0. The zero-order valence-electron chi connectivity index (χ0n) is 16.3. The van der Waals surface area contributed by atoms with E-state index in [0.29, 0.717) is 23.9 Å². The van der Waals surface area contributed by atoms with Gasteiger partial charge in [0.2, 0.25) is 6.29 Å². The summed E-state index contributed by atoms with van der Waals surface area (Å²) in [5, 5.41) is 0. The molecule has 3 rings (SSSR count). The van der Waals surface area contributed by atoms with Crippen LogP contribution < -0.4 is 0 Å². The van der Waals surface area contributed by atoms with Crippen molar-refractivity contribution in [1.29, 1.82) is 0 Å². The average molecular weight is 370 g/mol. The van der Waals surface area contributed by atoms with Gasteiger partial charge in [0, 0.05) is 21.8 Å². The second-order valence-electron chi connectivity index (χ2n) is 9.16. The van der Waals surface area contributed by atoms with Gasteiger partial charge in [-0.1, -0.05) is 26.2 Å². The Kier molecular flexibility index (Phi) is 5.83. The minimum Gasteiger partial charge on any atom is -0.435 e. The molecule has 0 N–H and O–H groups in total. The lowest BCUT2D eigenvalue weighted by Gasteiger charge is -2.43. The zero-order chi connectivity index (χ0) is 18.2. The molecule has 0 spiro atoms. The van der Waals surface area contributed by atoms with Gasteiger partial charge in [-0.15, -0.1) is 0 Å². The molecule has 1 saturated heterocycles. The van der Waals surface area contributed by atoms with Gasteiger partial charge in [-0.3, -0.25) is 4.79 Å². The van der Waals surface area contributed by atoms with Gasteiger partial charge in [-0.05, 0) is 63.7 Å². The number of ether oxygens (including phenoxy) is 2. The molecule has 144 valence electrons. The predicted octanol–water partition coefficient (Wildman–Crippen LogP) is 4.86. The van der Waals surface area contributed by atoms with Gasteiger partial charge in [0.25, 0.3) is 0 Å². The minimum absolute atomic E-state index is 0.0701. The van der Waals surface area contributed by atoms with Crippen LogP contribution in [-0.4, -0.2) is 24.0 Å². The first-order valence-electron chi connectivity index (χ1n) is 10.0. The SMILES string of the molecule is CC(=O)OC1OC2CCC[C@]13C2CC[C@@H]3C(C)CCCC(C)(C)OP. The van der Waals surface area contributed by atoms with Crippen LogP contribution in [0.4, 0.5) is 0 Å². The van der Waals surface area contributed by atoms with Gasteiger partial charge in [-0.2, -0.15) is 0 Å². The molecule has 1 aliphatic heterocycles. The first-order chi connectivity index (χ1) is 11.8. The quantitative estimate of drug-likeness (QED) is 0.474. The highest BCUT2D eigenvalue weighted by molar-refractivity contribution is 7.09. The highest BCUT2D eigenvalue weighted by Gasteiger charge is 2.66. The van der Waals surface area contributed by atoms with Crippen LogP contribution in [0.1, 0.15) is 79.1 Å². The third-order valence-electron chi connectivity index (χ3n) is 7.17. The van der Waals surface area contributed by atoms with Crippen LogP contribution in [0, 0.1) is 23.2 Å². The Morgan fingerprint density at radius 1 is 1.36 bits per heavy atom. The molecular formula is C20H35O4P. The Morgan fingerprint density at radius 3 is 2.80 bits per heavy atom. The number of carbonyl (C=O) groups excluding carboxylic acids is 1. The van der Waals surface area contributed by atoms with Crippen molar-refractivity contribution in [2.24, 2.45) is 23.2 Å². The number of esters is 1. The molecule has 0 aromatic heterocycles. The van der Waals surface area contributed by atoms with Crippen molar-refractivity contribution < 1.29 is 18.8 Å². The molecule has 2 aliphatic carbocycles. The van der Waals surface area contributed by atoms with Gasteiger partial charge in [0.15, 0.2) is 0 Å². The number of carbonyl (C=O) groups is 1. The first kappa shape index (κ1) is 19.6. The maximum absolute atomic E-state index is 11.6. The van der Waals surface area contributed by atoms with Crippen molar-refractivity contribution in [3.63, 3.8) is 0 Å². The van der Waals surface area contributed by atoms with Gasteiger partial charge < -0.3 is 14.0 Å². The van der Waals surface area contributed by atoms with Crippen molar-refractivity contribution in [2.75, 3.05) is 0 Å². The normalized spacial score (nSPS) is 38.4. The van der Waals surface area contributed by atoms with Crippen molar-refractivity contribution in [1.82, 2.24) is 0 Å². The highest BCUT2D eigenvalue weighted by Crippen LogP contribution is 2.65. The summed E-state index contributed by atoms with van der Waals surface area (Å²) in [6.07, 6.45) is 9.41. The van der Waals surface area contributed by atoms with E-state index < -0.39 is 0 Å². The van der Waals surface area contributed by atoms with Crippen LogP contribution in [0.25, 0.3) is 0 Å². The first-order valence-corrected chi connectivity index (χ1v) is 10.5. The van der Waals surface area contributed by atoms with E-state index in [1.54, 1.807) is 0 Å². The van der Waals surface area contributed by atoms with Gasteiger partial charge in [-0.25, -0.2) is 0 Å². The van der Waals surface area contributed by atoms with Gasteiger partial charge in [0.05, 0.1) is 11.7 Å². The smallest absolute Gasteiger partial charge is 0.304 e. The fraction of sp³-hybridized carbons (Fsp3) is 0.950. The molecule has 4 nitrogen and oxygen atoms in total. The average Bonchev–Trinajstić information content (AvgIpc) is 3.00. The van der Waals surface area contributed by atoms with E-state index in [2.05, 4.69) is 30.2 Å². The lowest BCUT2D eigenvalue weighted by molar-refractivity contribution is -0.195. The van der Waals surface area contributed by atoms with E-state index in [1.165, 1.54) is 39.0 Å². The van der Waals surface area contributed by atoms with Gasteiger partial charge >= 0.3 is 5.97 Å². The molecule has 0 radical (unpaired) electrons. The Morgan fingerprint density at radius 2 is 2.12 bits per heavy atom. The minimum atomic E-state index is -0.315. The van der Waals surface area contributed by atoms with Crippen LogP contribution in [0.15, 0.2) is 0 Å². The molecule has 2 bridgehead atoms. The molecule has 3 aliphatic rings. The number of hydrogen-bond donors (Lipinski definition) is 0. The van der Waals surface area contributed by atoms with E-state index in [9.17, 15) is 4.79 Å². The second-order valence-corrected chi connectivity index (χ2v) is 9.39. The summed E-state index contributed by atoms with van der Waals surface area (Å²) < 4.78 is 17.4. The summed E-state index contributed by atoms with van der Waals surface area (Å²) in [5.74, 6) is 1.61. The third kappa shape index (κ3) is 3.64. The zero-order valence-corrected chi connectivity index (χ0v) is 17.4. The lowest BCUT2D eigenvalue weighted by Crippen LogP contribution is -2.44. The lowest BCUT2D eigenvalue weighted by atomic mass is 9.61. The molecule has 0 aromatic carbocycles. The van der Waals surface area contributed by atoms with Crippen LogP contribution >= 0.6 is 9.47 Å². The van der Waals surface area contributed by atoms with Gasteiger partial charge in [0.1, 0.15) is 0 Å². The Labute approximate surface area is 155 Å². The third-order valence-corrected chi connectivity index (χ3v) is 7.81. The fourth-order valence-corrected chi connectivity index (χ4v) is 6.13. The molecule has 25 heavy (non-hydrogen) atoms. The molecule has 5 heteroatoms. The molecule has 3 fully saturated rings. The molecule has 1 heterocycles. The summed E-state index contributed by atoms with van der Waals surface area (Å²) >= 11 is 0. The molecular weight excluding hydrogens is 335 g/mol. The Balaban J connectivity index is 1.69. The van der Waals surface area contributed by atoms with E-state index in [0.717, 1.165) is 19.3 Å². The maximum Gasteiger partial charge on any atom is 0.304 e. The molecule has 2 saturated carbocycles. The van der Waals surface area contributed by atoms with Crippen LogP contribution in [0.2, 0.25) is 0 Å². The topological polar surface area (TPSA) is 44.8 Å². The summed E-state index contributed by atoms with van der Waals surface area (Å²) in [4.78, 5) is 11.6. The van der Waals surface area contributed by atoms with Crippen LogP contribution in [0.3, 0.4) is 0 Å². The molecule has 7 atom stereocenters. The molecule has 5 unspecified atom stereocenters. The van der Waals surface area contributed by atoms with E-state index >= 15 is 0 Å². The number of hydrogen-bond acceptors (Lipinski definition) is 4. The van der Waals surface area contributed by atoms with E-state index in [4.69, 9.17) is 14.0 Å². The van der Waals surface area contributed by atoms with Crippen LogP contribution in [-0.2, 0) is 18.8 Å². The maximum atomic E-state index is 11.6. The largest absolute Gasteiger partial charge is 0.435 e. The summed E-state index contributed by atoms with van der Waals surface area (Å²) in [6.45, 7) is 8.18. The van der Waals surface area contributed by atoms with Crippen molar-refractivity contribution in [3.8, 4) is 0 Å². The summed E-state index contributed by atoms with van der Waals surface area (Å²) in [7, 11) is 2.39. The van der Waals surface area contributed by atoms with E-state index in [-0.39, 0.29) is 23.3 Å². The van der Waals surface area contributed by atoms with Crippen molar-refractivity contribution in [3.05, 3.63) is 0 Å². The predicted molar refractivity (Wildman–Crippen MR) is 101 cm³/mol. The highest BCUT2D eigenvalue weighted by atomic mass is 31.0. The summed E-state index contributed by atoms with van der Waals surface area (Å²) in [5.41, 5.74) is -0.00576. The fourth-order valence-electron chi connectivity index (χ4n) is 6.01. The molecule has 0 amide bonds. The second kappa shape index (κ2) is 7.44. The van der Waals surface area contributed by atoms with Crippen molar-refractivity contribution >= 4 is 15.4 Å². The Hall–Kier alpha value is -0.180. The van der Waals surface area contributed by atoms with E-state index in [1.807, 2.05) is 0 Å². The Bertz CT molecular complexity index is 494. The van der Waals surface area contributed by atoms with Crippen LogP contribution in [0.5, 0.6) is 0 Å². The monoisotopic (exact) mass is 370 g/mol. The molecule has 0 aromatic rings.